The molecule has 1 aliphatic heterocycles. The van der Waals surface area contributed by atoms with E-state index in [-0.39, 0.29) is 23.0 Å². The maximum atomic E-state index is 13.0. The maximum absolute atomic E-state index is 13.0. The lowest BCUT2D eigenvalue weighted by Gasteiger charge is -2.26. The van der Waals surface area contributed by atoms with Crippen molar-refractivity contribution in [2.24, 2.45) is 5.41 Å². The van der Waals surface area contributed by atoms with Crippen LogP contribution in [0.3, 0.4) is 0 Å². The topological polar surface area (TPSA) is 75.9 Å². The molecular weight excluding hydrogens is 370 g/mol. The summed E-state index contributed by atoms with van der Waals surface area (Å²) in [5.74, 6) is 0.962. The van der Waals surface area contributed by atoms with E-state index in [4.69, 9.17) is 9.26 Å². The molecular formula is C22H27N3O4. The second-order valence-corrected chi connectivity index (χ2v) is 8.21. The zero-order valence-electron chi connectivity index (χ0n) is 17.0. The standard InChI is InChI=1S/C22H27N3O4/c1-16-12-19(29-23-16)20(26)25-11-4-3-10-24(2)21(27)22(8-9-22)15-28-18-7-5-6-17(13-18)14-25/h5-7,12-13H,3-4,8-11,14-15H2,1-2H3. The first kappa shape index (κ1) is 19.5. The summed E-state index contributed by atoms with van der Waals surface area (Å²) in [6.07, 6.45) is 3.40. The lowest BCUT2D eigenvalue weighted by atomic mass is 10.1. The van der Waals surface area contributed by atoms with Gasteiger partial charge < -0.3 is 19.1 Å². The molecule has 2 heterocycles. The number of nitrogens with zero attached hydrogens (tertiary/aromatic N) is 3. The number of aryl methyl sites for hydroxylation is 1. The Morgan fingerprint density at radius 3 is 2.69 bits per heavy atom. The van der Waals surface area contributed by atoms with Gasteiger partial charge >= 0.3 is 0 Å². The summed E-state index contributed by atoms with van der Waals surface area (Å²) in [6.45, 7) is 3.92. The predicted molar refractivity (Wildman–Crippen MR) is 106 cm³/mol. The molecule has 7 heteroatoms. The molecule has 2 amide bonds. The number of ether oxygens (including phenoxy) is 1. The van der Waals surface area contributed by atoms with E-state index in [1.165, 1.54) is 0 Å². The molecule has 2 aromatic rings. The van der Waals surface area contributed by atoms with Crippen LogP contribution < -0.4 is 4.74 Å². The fourth-order valence-electron chi connectivity index (χ4n) is 3.78. The lowest BCUT2D eigenvalue weighted by molar-refractivity contribution is -0.136. The Hall–Kier alpha value is -2.83. The highest BCUT2D eigenvalue weighted by molar-refractivity contribution is 5.91. The maximum Gasteiger partial charge on any atom is 0.292 e. The quantitative estimate of drug-likeness (QED) is 0.739. The summed E-state index contributed by atoms with van der Waals surface area (Å²) in [7, 11) is 1.86. The summed E-state index contributed by atoms with van der Waals surface area (Å²) < 4.78 is 11.2. The van der Waals surface area contributed by atoms with Crippen molar-refractivity contribution in [3.05, 3.63) is 47.3 Å². The Morgan fingerprint density at radius 2 is 1.97 bits per heavy atom. The van der Waals surface area contributed by atoms with E-state index in [1.807, 2.05) is 36.2 Å². The molecule has 7 nitrogen and oxygen atoms in total. The Kier molecular flexibility index (Phi) is 5.30. The Morgan fingerprint density at radius 1 is 1.17 bits per heavy atom. The fourth-order valence-corrected chi connectivity index (χ4v) is 3.78. The molecule has 1 aromatic heterocycles. The molecule has 1 fully saturated rings. The SMILES string of the molecule is Cc1cc(C(=O)N2CCCCN(C)C(=O)C3(CC3)COc3cccc(c3)C2)on1. The Labute approximate surface area is 170 Å². The van der Waals surface area contributed by atoms with Crippen LogP contribution in [0, 0.1) is 12.3 Å². The van der Waals surface area contributed by atoms with Gasteiger partial charge in [0.1, 0.15) is 12.4 Å². The summed E-state index contributed by atoms with van der Waals surface area (Å²) in [4.78, 5) is 29.4. The average Bonchev–Trinajstić information content (AvgIpc) is 3.39. The number of hydrogen-bond acceptors (Lipinski definition) is 5. The van der Waals surface area contributed by atoms with Gasteiger partial charge in [-0.3, -0.25) is 9.59 Å². The molecule has 0 unspecified atom stereocenters. The molecule has 2 aliphatic rings. The van der Waals surface area contributed by atoms with Crippen LogP contribution in [0.1, 0.15) is 47.5 Å². The minimum Gasteiger partial charge on any atom is -0.492 e. The molecule has 154 valence electrons. The molecule has 0 atom stereocenters. The minimum atomic E-state index is -0.360. The van der Waals surface area contributed by atoms with Crippen LogP contribution in [-0.2, 0) is 11.3 Å². The van der Waals surface area contributed by atoms with Crippen molar-refractivity contribution in [1.82, 2.24) is 15.0 Å². The molecule has 1 saturated carbocycles. The molecule has 1 aliphatic carbocycles. The second kappa shape index (κ2) is 7.89. The van der Waals surface area contributed by atoms with E-state index in [0.717, 1.165) is 37.0 Å². The van der Waals surface area contributed by atoms with E-state index in [0.29, 0.717) is 31.9 Å². The molecule has 2 bridgehead atoms. The van der Waals surface area contributed by atoms with Gasteiger partial charge in [-0.05, 0) is 50.3 Å². The largest absolute Gasteiger partial charge is 0.492 e. The number of carbonyl (C=O) groups is 2. The van der Waals surface area contributed by atoms with Gasteiger partial charge in [0, 0.05) is 32.7 Å². The van der Waals surface area contributed by atoms with Gasteiger partial charge in [0.25, 0.3) is 5.91 Å². The molecule has 4 rings (SSSR count). The first-order chi connectivity index (χ1) is 14.0. The third-order valence-electron chi connectivity index (χ3n) is 5.74. The summed E-state index contributed by atoms with van der Waals surface area (Å²) in [5, 5.41) is 3.83. The molecule has 0 N–H and O–H groups in total. The average molecular weight is 397 g/mol. The van der Waals surface area contributed by atoms with E-state index in [9.17, 15) is 9.59 Å². The van der Waals surface area contributed by atoms with Crippen molar-refractivity contribution in [2.45, 2.75) is 39.2 Å². The molecule has 0 radical (unpaired) electrons. The van der Waals surface area contributed by atoms with Crippen LogP contribution in [0.4, 0.5) is 0 Å². The normalized spacial score (nSPS) is 19.6. The van der Waals surface area contributed by atoms with Gasteiger partial charge in [-0.15, -0.1) is 0 Å². The van der Waals surface area contributed by atoms with Crippen LogP contribution in [0.25, 0.3) is 0 Å². The molecule has 0 saturated heterocycles. The zero-order valence-corrected chi connectivity index (χ0v) is 17.0. The lowest BCUT2D eigenvalue weighted by Crippen LogP contribution is -2.38. The summed E-state index contributed by atoms with van der Waals surface area (Å²) in [5.41, 5.74) is 1.30. The number of aromatic nitrogens is 1. The van der Waals surface area contributed by atoms with Gasteiger partial charge in [-0.1, -0.05) is 17.3 Å². The van der Waals surface area contributed by atoms with Crippen molar-refractivity contribution in [3.8, 4) is 5.75 Å². The van der Waals surface area contributed by atoms with Gasteiger partial charge in [0.15, 0.2) is 0 Å². The van der Waals surface area contributed by atoms with Crippen molar-refractivity contribution in [3.63, 3.8) is 0 Å². The van der Waals surface area contributed by atoms with Crippen LogP contribution in [0.15, 0.2) is 34.9 Å². The summed E-state index contributed by atoms with van der Waals surface area (Å²) >= 11 is 0. The van der Waals surface area contributed by atoms with E-state index < -0.39 is 0 Å². The van der Waals surface area contributed by atoms with Gasteiger partial charge in [0.2, 0.25) is 11.7 Å². The number of carbonyl (C=O) groups excluding carboxylic acids is 2. The second-order valence-electron chi connectivity index (χ2n) is 8.21. The molecule has 1 aromatic carbocycles. The van der Waals surface area contributed by atoms with Crippen LogP contribution in [0.5, 0.6) is 5.75 Å². The van der Waals surface area contributed by atoms with E-state index >= 15 is 0 Å². The number of fused-ring (bicyclic) bond motifs is 2. The number of hydrogen-bond donors (Lipinski definition) is 0. The third kappa shape index (κ3) is 4.28. The smallest absolute Gasteiger partial charge is 0.292 e. The van der Waals surface area contributed by atoms with Gasteiger partial charge in [-0.25, -0.2) is 0 Å². The van der Waals surface area contributed by atoms with E-state index in [1.54, 1.807) is 17.9 Å². The van der Waals surface area contributed by atoms with Crippen molar-refractivity contribution in [2.75, 3.05) is 26.7 Å². The Bertz CT molecular complexity index is 903. The fraction of sp³-hybridized carbons (Fsp3) is 0.500. The van der Waals surface area contributed by atoms with Crippen LogP contribution in [0.2, 0.25) is 0 Å². The van der Waals surface area contributed by atoms with Crippen molar-refractivity contribution in [1.29, 1.82) is 0 Å². The molecule has 1 spiro atoms. The van der Waals surface area contributed by atoms with Gasteiger partial charge in [-0.2, -0.15) is 0 Å². The third-order valence-corrected chi connectivity index (χ3v) is 5.74. The summed E-state index contributed by atoms with van der Waals surface area (Å²) in [6, 6.07) is 9.41. The van der Waals surface area contributed by atoms with E-state index in [2.05, 4.69) is 5.16 Å². The van der Waals surface area contributed by atoms with Crippen LogP contribution >= 0.6 is 0 Å². The van der Waals surface area contributed by atoms with Crippen LogP contribution in [-0.4, -0.2) is 53.5 Å². The molecule has 29 heavy (non-hydrogen) atoms. The first-order valence-electron chi connectivity index (χ1n) is 10.2. The first-order valence-corrected chi connectivity index (χ1v) is 10.2. The van der Waals surface area contributed by atoms with Crippen molar-refractivity contribution < 1.29 is 18.8 Å². The number of amides is 2. The number of rotatable bonds is 1. The number of benzene rings is 1. The highest BCUT2D eigenvalue weighted by Gasteiger charge is 2.52. The minimum absolute atomic E-state index is 0.163. The monoisotopic (exact) mass is 397 g/mol. The Balaban J connectivity index is 1.57. The highest BCUT2D eigenvalue weighted by atomic mass is 16.5. The van der Waals surface area contributed by atoms with Crippen molar-refractivity contribution >= 4 is 11.8 Å². The zero-order chi connectivity index (χ0) is 20.4. The predicted octanol–water partition coefficient (Wildman–Crippen LogP) is 3.04. The highest BCUT2D eigenvalue weighted by Crippen LogP contribution is 2.47. The van der Waals surface area contributed by atoms with Gasteiger partial charge in [0.05, 0.1) is 11.1 Å².